The molecule has 0 heterocycles. The number of hydrogen-bond donors (Lipinski definition) is 2. The Labute approximate surface area is 84.2 Å². The number of ether oxygens (including phenoxy) is 1. The van der Waals surface area contributed by atoms with Gasteiger partial charge >= 0.3 is 6.09 Å². The Balaban J connectivity index is 3.81. The van der Waals surface area contributed by atoms with E-state index in [2.05, 4.69) is 10.9 Å². The van der Waals surface area contributed by atoms with Crippen molar-refractivity contribution in [3.05, 3.63) is 0 Å². The molecule has 0 aliphatic carbocycles. The van der Waals surface area contributed by atoms with E-state index < -0.39 is 11.7 Å². The van der Waals surface area contributed by atoms with Crippen molar-refractivity contribution in [1.82, 2.24) is 10.9 Å². The summed E-state index contributed by atoms with van der Waals surface area (Å²) in [5.41, 5.74) is 3.84. The fraction of sp³-hybridized carbons (Fsp3) is 0.778. The minimum Gasteiger partial charge on any atom is -0.443 e. The Morgan fingerprint density at radius 2 is 1.64 bits per heavy atom. The summed E-state index contributed by atoms with van der Waals surface area (Å²) in [4.78, 5) is 22.1. The van der Waals surface area contributed by atoms with Gasteiger partial charge in [-0.15, -0.1) is 0 Å². The molecular weight excluding hydrogens is 184 g/mol. The third kappa shape index (κ3) is 6.28. The lowest BCUT2D eigenvalue weighted by molar-refractivity contribution is -0.125. The van der Waals surface area contributed by atoms with Crippen molar-refractivity contribution in [1.29, 1.82) is 0 Å². The maximum Gasteiger partial charge on any atom is 0.426 e. The van der Waals surface area contributed by atoms with Gasteiger partial charge in [-0.2, -0.15) is 0 Å². The van der Waals surface area contributed by atoms with E-state index in [0.717, 1.165) is 0 Å². The second kappa shape index (κ2) is 4.83. The van der Waals surface area contributed by atoms with Crippen LogP contribution in [0, 0.1) is 5.92 Å². The Kier molecular flexibility index (Phi) is 4.40. The molecule has 0 radical (unpaired) electrons. The maximum absolute atomic E-state index is 11.0. The van der Waals surface area contributed by atoms with Crippen LogP contribution >= 0.6 is 0 Å². The molecule has 82 valence electrons. The normalized spacial score (nSPS) is 11.0. The molecule has 0 aromatic rings. The number of rotatable bonds is 1. The molecule has 0 aromatic carbocycles. The van der Waals surface area contributed by atoms with Gasteiger partial charge in [0, 0.05) is 5.92 Å². The SMILES string of the molecule is CC(C)C(=O)NNC(=O)OC(C)(C)C. The first-order chi connectivity index (χ1) is 6.22. The van der Waals surface area contributed by atoms with Crippen molar-refractivity contribution in [2.75, 3.05) is 0 Å². The highest BCUT2D eigenvalue weighted by atomic mass is 16.6. The molecule has 0 bridgehead atoms. The van der Waals surface area contributed by atoms with E-state index in [1.807, 2.05) is 0 Å². The van der Waals surface area contributed by atoms with E-state index in [0.29, 0.717) is 0 Å². The minimum atomic E-state index is -0.661. The topological polar surface area (TPSA) is 67.4 Å². The fourth-order valence-corrected chi connectivity index (χ4v) is 0.561. The highest BCUT2D eigenvalue weighted by molar-refractivity contribution is 5.80. The Hall–Kier alpha value is -1.26. The van der Waals surface area contributed by atoms with Crippen molar-refractivity contribution in [2.45, 2.75) is 40.2 Å². The molecular formula is C9H18N2O3. The van der Waals surface area contributed by atoms with E-state index in [1.54, 1.807) is 34.6 Å². The van der Waals surface area contributed by atoms with Gasteiger partial charge in [-0.05, 0) is 20.8 Å². The lowest BCUT2D eigenvalue weighted by atomic mass is 10.2. The number of nitrogens with one attached hydrogen (secondary N) is 2. The summed E-state index contributed by atoms with van der Waals surface area (Å²) in [6.45, 7) is 8.70. The summed E-state index contributed by atoms with van der Waals surface area (Å²) in [6, 6.07) is 0. The zero-order valence-corrected chi connectivity index (χ0v) is 9.30. The molecule has 0 rings (SSSR count). The molecule has 5 nitrogen and oxygen atoms in total. The predicted octanol–water partition coefficient (Wildman–Crippen LogP) is 1.20. The molecule has 0 spiro atoms. The van der Waals surface area contributed by atoms with Crippen molar-refractivity contribution in [3.63, 3.8) is 0 Å². The van der Waals surface area contributed by atoms with Crippen molar-refractivity contribution < 1.29 is 14.3 Å². The molecule has 0 saturated carbocycles. The summed E-state index contributed by atoms with van der Waals surface area (Å²) in [5.74, 6) is -0.430. The number of amides is 2. The molecule has 0 unspecified atom stereocenters. The summed E-state index contributed by atoms with van der Waals surface area (Å²) < 4.78 is 4.90. The lowest BCUT2D eigenvalue weighted by Gasteiger charge is -2.20. The number of hydrogen-bond acceptors (Lipinski definition) is 3. The third-order valence-corrected chi connectivity index (χ3v) is 1.21. The maximum atomic E-state index is 11.0. The second-order valence-electron chi connectivity index (χ2n) is 4.27. The van der Waals surface area contributed by atoms with E-state index in [1.165, 1.54) is 0 Å². The fourth-order valence-electron chi connectivity index (χ4n) is 0.561. The van der Waals surface area contributed by atoms with Crippen molar-refractivity contribution in [2.24, 2.45) is 5.92 Å². The predicted molar refractivity (Wildman–Crippen MR) is 52.4 cm³/mol. The van der Waals surface area contributed by atoms with Crippen LogP contribution < -0.4 is 10.9 Å². The van der Waals surface area contributed by atoms with Gasteiger partial charge in [-0.25, -0.2) is 10.2 Å². The van der Waals surface area contributed by atoms with Crippen molar-refractivity contribution >= 4 is 12.0 Å². The molecule has 0 fully saturated rings. The summed E-state index contributed by atoms with van der Waals surface area (Å²) >= 11 is 0. The summed E-state index contributed by atoms with van der Waals surface area (Å²) in [5, 5.41) is 0. The van der Waals surface area contributed by atoms with E-state index >= 15 is 0 Å². The minimum absolute atomic E-state index is 0.176. The van der Waals surface area contributed by atoms with Crippen LogP contribution in [0.3, 0.4) is 0 Å². The first-order valence-corrected chi connectivity index (χ1v) is 4.51. The molecule has 5 heteroatoms. The number of hydrazine groups is 1. The number of carbonyl (C=O) groups is 2. The van der Waals surface area contributed by atoms with Gasteiger partial charge in [0.25, 0.3) is 0 Å². The largest absolute Gasteiger partial charge is 0.443 e. The summed E-state index contributed by atoms with van der Waals surface area (Å²) in [7, 11) is 0. The van der Waals surface area contributed by atoms with E-state index in [9.17, 15) is 9.59 Å². The molecule has 0 aromatic heterocycles. The molecule has 0 saturated heterocycles. The van der Waals surface area contributed by atoms with Crippen LogP contribution in [-0.4, -0.2) is 17.6 Å². The average molecular weight is 202 g/mol. The van der Waals surface area contributed by atoms with Crippen LogP contribution in [0.5, 0.6) is 0 Å². The first-order valence-electron chi connectivity index (χ1n) is 4.51. The molecule has 0 atom stereocenters. The smallest absolute Gasteiger partial charge is 0.426 e. The van der Waals surface area contributed by atoms with Gasteiger partial charge in [0.05, 0.1) is 0 Å². The van der Waals surface area contributed by atoms with Crippen LogP contribution in [0.1, 0.15) is 34.6 Å². The van der Waals surface area contributed by atoms with Gasteiger partial charge in [0.2, 0.25) is 5.91 Å². The van der Waals surface area contributed by atoms with Crippen LogP contribution in [0.4, 0.5) is 4.79 Å². The van der Waals surface area contributed by atoms with Gasteiger partial charge in [-0.1, -0.05) is 13.8 Å². The molecule has 14 heavy (non-hydrogen) atoms. The third-order valence-electron chi connectivity index (χ3n) is 1.21. The molecule has 2 N–H and O–H groups in total. The molecule has 0 aliphatic heterocycles. The Bertz CT molecular complexity index is 219. The highest BCUT2D eigenvalue weighted by Crippen LogP contribution is 2.05. The van der Waals surface area contributed by atoms with Crippen LogP contribution in [0.25, 0.3) is 0 Å². The van der Waals surface area contributed by atoms with Gasteiger partial charge in [-0.3, -0.25) is 10.2 Å². The average Bonchev–Trinajstić information content (AvgIpc) is 1.96. The van der Waals surface area contributed by atoms with Gasteiger partial charge in [0.15, 0.2) is 0 Å². The van der Waals surface area contributed by atoms with Crippen LogP contribution in [0.2, 0.25) is 0 Å². The summed E-state index contributed by atoms with van der Waals surface area (Å²) in [6.07, 6.45) is -0.661. The Morgan fingerprint density at radius 3 is 2.00 bits per heavy atom. The second-order valence-corrected chi connectivity index (χ2v) is 4.27. The first kappa shape index (κ1) is 12.7. The zero-order valence-electron chi connectivity index (χ0n) is 9.30. The zero-order chi connectivity index (χ0) is 11.4. The number of carbonyl (C=O) groups excluding carboxylic acids is 2. The van der Waals surface area contributed by atoms with E-state index in [-0.39, 0.29) is 11.8 Å². The highest BCUT2D eigenvalue weighted by Gasteiger charge is 2.16. The van der Waals surface area contributed by atoms with Crippen LogP contribution in [-0.2, 0) is 9.53 Å². The quantitative estimate of drug-likeness (QED) is 0.628. The molecule has 0 aliphatic rings. The molecule has 2 amide bonds. The Morgan fingerprint density at radius 1 is 1.14 bits per heavy atom. The van der Waals surface area contributed by atoms with E-state index in [4.69, 9.17) is 4.74 Å². The standard InChI is InChI=1S/C9H18N2O3/c1-6(2)7(12)10-11-8(13)14-9(3,4)5/h6H,1-5H3,(H,10,12)(H,11,13). The monoisotopic (exact) mass is 202 g/mol. The van der Waals surface area contributed by atoms with Crippen LogP contribution in [0.15, 0.2) is 0 Å². The van der Waals surface area contributed by atoms with Gasteiger partial charge in [0.1, 0.15) is 5.60 Å². The van der Waals surface area contributed by atoms with Crippen molar-refractivity contribution in [3.8, 4) is 0 Å². The lowest BCUT2D eigenvalue weighted by Crippen LogP contribution is -2.45. The van der Waals surface area contributed by atoms with Gasteiger partial charge < -0.3 is 4.74 Å².